The van der Waals surface area contributed by atoms with E-state index in [0.717, 1.165) is 54.6 Å². The molecule has 0 spiro atoms. The van der Waals surface area contributed by atoms with Crippen molar-refractivity contribution in [2.75, 3.05) is 61.1 Å². The third kappa shape index (κ3) is 4.80. The minimum Gasteiger partial charge on any atom is -0.388 e. The van der Waals surface area contributed by atoms with Gasteiger partial charge >= 0.3 is 0 Å². The second-order valence-corrected chi connectivity index (χ2v) is 7.64. The number of likely N-dealkylation sites (N-methyl/N-ethyl adjacent to an activating group) is 1. The molecular formula is C23H29N7. The fourth-order valence-corrected chi connectivity index (χ4v) is 3.47. The average Bonchev–Trinajstić information content (AvgIpc) is 2.77. The summed E-state index contributed by atoms with van der Waals surface area (Å²) in [6.07, 6.45) is 1.83. The Hall–Kier alpha value is -3.32. The lowest BCUT2D eigenvalue weighted by Gasteiger charge is -2.34. The largest absolute Gasteiger partial charge is 0.388 e. The molecule has 1 aromatic heterocycles. The minimum atomic E-state index is 0.570. The smallest absolute Gasteiger partial charge is 0.229 e. The van der Waals surface area contributed by atoms with E-state index in [1.807, 2.05) is 44.4 Å². The standard InChI is InChI=1S/C23H29N7/c1-17-16-25-23(28-22(17)26-20-6-4-5-19(15-20)24-2)27-18-7-9-21(10-8-18)30-13-11-29(3)12-14-30/h4-10,15-16,24H,11-14H2,1-3H3,(H2,25,26,27,28). The number of hydrogen-bond donors (Lipinski definition) is 3. The molecule has 7 heteroatoms. The van der Waals surface area contributed by atoms with E-state index in [0.29, 0.717) is 5.95 Å². The van der Waals surface area contributed by atoms with E-state index in [1.54, 1.807) is 0 Å². The topological polar surface area (TPSA) is 68.4 Å². The highest BCUT2D eigenvalue weighted by atomic mass is 15.2. The average molecular weight is 404 g/mol. The Morgan fingerprint density at radius 3 is 2.33 bits per heavy atom. The summed E-state index contributed by atoms with van der Waals surface area (Å²) >= 11 is 0. The van der Waals surface area contributed by atoms with Gasteiger partial charge in [-0.15, -0.1) is 0 Å². The number of aromatic nitrogens is 2. The van der Waals surface area contributed by atoms with Gasteiger partial charge in [-0.2, -0.15) is 4.98 Å². The van der Waals surface area contributed by atoms with Gasteiger partial charge < -0.3 is 25.8 Å². The second kappa shape index (κ2) is 9.00. The maximum atomic E-state index is 4.67. The van der Waals surface area contributed by atoms with E-state index in [9.17, 15) is 0 Å². The Bertz CT molecular complexity index is 979. The molecule has 2 aromatic carbocycles. The fourth-order valence-electron chi connectivity index (χ4n) is 3.47. The summed E-state index contributed by atoms with van der Waals surface area (Å²) in [4.78, 5) is 13.9. The van der Waals surface area contributed by atoms with Crippen LogP contribution in [0.4, 0.5) is 34.5 Å². The van der Waals surface area contributed by atoms with Crippen molar-refractivity contribution in [1.29, 1.82) is 0 Å². The molecule has 30 heavy (non-hydrogen) atoms. The maximum absolute atomic E-state index is 4.67. The highest BCUT2D eigenvalue weighted by Crippen LogP contribution is 2.24. The summed E-state index contributed by atoms with van der Waals surface area (Å²) in [5, 5.41) is 9.85. The van der Waals surface area contributed by atoms with Crippen LogP contribution in [0.25, 0.3) is 0 Å². The zero-order valence-electron chi connectivity index (χ0n) is 17.8. The molecule has 2 heterocycles. The van der Waals surface area contributed by atoms with Crippen molar-refractivity contribution in [3.63, 3.8) is 0 Å². The molecule has 1 saturated heterocycles. The molecular weight excluding hydrogens is 374 g/mol. The van der Waals surface area contributed by atoms with Crippen molar-refractivity contribution in [1.82, 2.24) is 14.9 Å². The van der Waals surface area contributed by atoms with Crippen molar-refractivity contribution in [2.45, 2.75) is 6.92 Å². The molecule has 3 aromatic rings. The Morgan fingerprint density at radius 1 is 0.867 bits per heavy atom. The normalized spacial score (nSPS) is 14.4. The maximum Gasteiger partial charge on any atom is 0.229 e. The van der Waals surface area contributed by atoms with Gasteiger partial charge in [0.05, 0.1) is 0 Å². The third-order valence-electron chi connectivity index (χ3n) is 5.38. The Balaban J connectivity index is 1.45. The van der Waals surface area contributed by atoms with E-state index in [4.69, 9.17) is 0 Å². The van der Waals surface area contributed by atoms with Crippen LogP contribution in [0.2, 0.25) is 0 Å². The van der Waals surface area contributed by atoms with E-state index in [2.05, 4.69) is 67.0 Å². The van der Waals surface area contributed by atoms with Gasteiger partial charge in [0.1, 0.15) is 5.82 Å². The van der Waals surface area contributed by atoms with Crippen molar-refractivity contribution in [2.24, 2.45) is 0 Å². The summed E-state index contributed by atoms with van der Waals surface area (Å²) in [6.45, 7) is 6.33. The van der Waals surface area contributed by atoms with Gasteiger partial charge in [0.15, 0.2) is 0 Å². The van der Waals surface area contributed by atoms with Crippen LogP contribution in [0.5, 0.6) is 0 Å². The molecule has 1 fully saturated rings. The number of aryl methyl sites for hydroxylation is 1. The van der Waals surface area contributed by atoms with E-state index in [-0.39, 0.29) is 0 Å². The van der Waals surface area contributed by atoms with Crippen LogP contribution in [-0.2, 0) is 0 Å². The lowest BCUT2D eigenvalue weighted by Crippen LogP contribution is -2.44. The summed E-state index contributed by atoms with van der Waals surface area (Å²) in [6, 6.07) is 16.6. The van der Waals surface area contributed by atoms with Gasteiger partial charge in [0.25, 0.3) is 0 Å². The Kier molecular flexibility index (Phi) is 5.99. The SMILES string of the molecule is CNc1cccc(Nc2nc(Nc3ccc(N4CCN(C)CC4)cc3)ncc2C)c1. The van der Waals surface area contributed by atoms with Gasteiger partial charge in [0.2, 0.25) is 5.95 Å². The first-order valence-electron chi connectivity index (χ1n) is 10.3. The molecule has 0 atom stereocenters. The van der Waals surface area contributed by atoms with Gasteiger partial charge in [-0.3, -0.25) is 0 Å². The zero-order chi connectivity index (χ0) is 20.9. The van der Waals surface area contributed by atoms with Crippen LogP contribution >= 0.6 is 0 Å². The zero-order valence-corrected chi connectivity index (χ0v) is 17.8. The third-order valence-corrected chi connectivity index (χ3v) is 5.38. The van der Waals surface area contributed by atoms with Crippen LogP contribution in [-0.4, -0.2) is 55.1 Å². The van der Waals surface area contributed by atoms with Gasteiger partial charge in [-0.05, 0) is 56.4 Å². The number of benzene rings is 2. The first-order chi connectivity index (χ1) is 14.6. The van der Waals surface area contributed by atoms with Gasteiger partial charge in [-0.1, -0.05) is 6.07 Å². The monoisotopic (exact) mass is 403 g/mol. The van der Waals surface area contributed by atoms with Crippen LogP contribution in [0.1, 0.15) is 5.56 Å². The summed E-state index contributed by atoms with van der Waals surface area (Å²) in [5.74, 6) is 1.36. The molecule has 0 aliphatic carbocycles. The molecule has 1 aliphatic rings. The highest BCUT2D eigenvalue weighted by Gasteiger charge is 2.14. The quantitative estimate of drug-likeness (QED) is 0.573. The molecule has 0 bridgehead atoms. The molecule has 0 unspecified atom stereocenters. The number of rotatable bonds is 6. The fraction of sp³-hybridized carbons (Fsp3) is 0.304. The predicted octanol–water partition coefficient (Wildman–Crippen LogP) is 4.07. The van der Waals surface area contributed by atoms with Crippen molar-refractivity contribution < 1.29 is 0 Å². The number of nitrogens with zero attached hydrogens (tertiary/aromatic N) is 4. The molecule has 0 radical (unpaired) electrons. The summed E-state index contributed by atoms with van der Waals surface area (Å²) in [7, 11) is 4.08. The number of hydrogen-bond acceptors (Lipinski definition) is 7. The van der Waals surface area contributed by atoms with E-state index < -0.39 is 0 Å². The molecule has 7 nitrogen and oxygen atoms in total. The molecule has 1 aliphatic heterocycles. The van der Waals surface area contributed by atoms with Gasteiger partial charge in [-0.25, -0.2) is 4.98 Å². The molecule has 0 saturated carbocycles. The van der Waals surface area contributed by atoms with E-state index in [1.165, 1.54) is 5.69 Å². The number of piperazine rings is 1. The van der Waals surface area contributed by atoms with Crippen LogP contribution in [0.3, 0.4) is 0 Å². The van der Waals surface area contributed by atoms with Crippen LogP contribution in [0.15, 0.2) is 54.7 Å². The number of anilines is 6. The Morgan fingerprint density at radius 2 is 1.60 bits per heavy atom. The van der Waals surface area contributed by atoms with E-state index >= 15 is 0 Å². The van der Waals surface area contributed by atoms with Crippen molar-refractivity contribution in [3.05, 3.63) is 60.3 Å². The molecule has 156 valence electrons. The van der Waals surface area contributed by atoms with Crippen LogP contribution in [0, 0.1) is 6.92 Å². The first kappa shape index (κ1) is 20.0. The van der Waals surface area contributed by atoms with Crippen LogP contribution < -0.4 is 20.9 Å². The molecule has 4 rings (SSSR count). The Labute approximate surface area is 178 Å². The van der Waals surface area contributed by atoms with Crippen molar-refractivity contribution >= 4 is 34.5 Å². The summed E-state index contributed by atoms with van der Waals surface area (Å²) in [5.41, 5.74) is 5.24. The first-order valence-corrected chi connectivity index (χ1v) is 10.3. The highest BCUT2D eigenvalue weighted by molar-refractivity contribution is 5.66. The minimum absolute atomic E-state index is 0.570. The number of nitrogens with one attached hydrogen (secondary N) is 3. The summed E-state index contributed by atoms with van der Waals surface area (Å²) < 4.78 is 0. The molecule has 0 amide bonds. The predicted molar refractivity (Wildman–Crippen MR) is 125 cm³/mol. The van der Waals surface area contributed by atoms with Gasteiger partial charge in [0, 0.05) is 67.7 Å². The second-order valence-electron chi connectivity index (χ2n) is 7.64. The lowest BCUT2D eigenvalue weighted by atomic mass is 10.2. The van der Waals surface area contributed by atoms with Crippen molar-refractivity contribution in [3.8, 4) is 0 Å². The lowest BCUT2D eigenvalue weighted by molar-refractivity contribution is 0.313. The molecule has 3 N–H and O–H groups in total.